The van der Waals surface area contributed by atoms with Gasteiger partial charge in [-0.25, -0.2) is 4.39 Å². The summed E-state index contributed by atoms with van der Waals surface area (Å²) in [5.74, 6) is 0.763. The molecule has 182 valence electrons. The smallest absolute Gasteiger partial charge is 0.178 e. The van der Waals surface area contributed by atoms with Gasteiger partial charge < -0.3 is 19.5 Å². The van der Waals surface area contributed by atoms with Crippen LogP contribution in [0.15, 0.2) is 36.4 Å². The molecule has 1 aliphatic rings. The van der Waals surface area contributed by atoms with E-state index in [0.717, 1.165) is 44.5 Å². The third kappa shape index (κ3) is 8.03. The second-order valence-corrected chi connectivity index (χ2v) is 7.42. The third-order valence-electron chi connectivity index (χ3n) is 5.67. The van der Waals surface area contributed by atoms with Gasteiger partial charge in [0.25, 0.3) is 0 Å². The van der Waals surface area contributed by atoms with Crippen molar-refractivity contribution < 1.29 is 19.0 Å². The Balaban J connectivity index is 0.00000129. The van der Waals surface area contributed by atoms with Crippen LogP contribution in [0.4, 0.5) is 4.39 Å². The van der Waals surface area contributed by atoms with Crippen LogP contribution in [0.2, 0.25) is 0 Å². The Morgan fingerprint density at radius 2 is 1.67 bits per heavy atom. The molecule has 1 saturated heterocycles. The van der Waals surface area contributed by atoms with Gasteiger partial charge in [0.1, 0.15) is 11.9 Å². The van der Waals surface area contributed by atoms with Crippen molar-refractivity contribution in [1.29, 1.82) is 5.26 Å². The minimum atomic E-state index is -0.652. The molecule has 0 aromatic heterocycles. The molecular formula is C27H39FN2O3. The first kappa shape index (κ1) is 28.4. The summed E-state index contributed by atoms with van der Waals surface area (Å²) >= 11 is 0. The number of piperidine rings is 1. The molecular weight excluding hydrogens is 419 g/mol. The SMILES string of the molecule is CC.CC.COc1cc(C(O)C2CCN(CCc3ccc(F)cc3)CC2)cc(C#N)c1OC. The third-order valence-corrected chi connectivity index (χ3v) is 5.67. The fourth-order valence-electron chi connectivity index (χ4n) is 3.94. The number of halogens is 1. The molecule has 33 heavy (non-hydrogen) atoms. The van der Waals surface area contributed by atoms with Gasteiger partial charge in [-0.2, -0.15) is 5.26 Å². The summed E-state index contributed by atoms with van der Waals surface area (Å²) in [5.41, 5.74) is 2.17. The zero-order valence-corrected chi connectivity index (χ0v) is 20.9. The van der Waals surface area contributed by atoms with E-state index >= 15 is 0 Å². The van der Waals surface area contributed by atoms with Crippen LogP contribution in [0.1, 0.15) is 63.3 Å². The van der Waals surface area contributed by atoms with E-state index in [9.17, 15) is 14.8 Å². The second kappa shape index (κ2) is 15.3. The van der Waals surface area contributed by atoms with Crippen LogP contribution in [-0.2, 0) is 6.42 Å². The highest BCUT2D eigenvalue weighted by atomic mass is 19.1. The molecule has 1 N–H and O–H groups in total. The summed E-state index contributed by atoms with van der Waals surface area (Å²) < 4.78 is 23.6. The van der Waals surface area contributed by atoms with Crippen molar-refractivity contribution in [2.75, 3.05) is 33.9 Å². The maximum atomic E-state index is 13.0. The molecule has 6 heteroatoms. The van der Waals surface area contributed by atoms with Crippen molar-refractivity contribution in [2.24, 2.45) is 5.92 Å². The number of hydrogen-bond acceptors (Lipinski definition) is 5. The van der Waals surface area contributed by atoms with E-state index in [0.29, 0.717) is 22.6 Å². The van der Waals surface area contributed by atoms with Gasteiger partial charge in [0.15, 0.2) is 11.5 Å². The van der Waals surface area contributed by atoms with Gasteiger partial charge in [0.05, 0.1) is 25.9 Å². The Labute approximate surface area is 198 Å². The fraction of sp³-hybridized carbons (Fsp3) is 0.519. The number of aliphatic hydroxyl groups is 1. The van der Waals surface area contributed by atoms with E-state index < -0.39 is 6.10 Å². The van der Waals surface area contributed by atoms with Gasteiger partial charge in [0.2, 0.25) is 0 Å². The molecule has 1 heterocycles. The number of rotatable bonds is 7. The predicted molar refractivity (Wildman–Crippen MR) is 131 cm³/mol. The number of likely N-dealkylation sites (tertiary alicyclic amines) is 1. The lowest BCUT2D eigenvalue weighted by atomic mass is 9.86. The van der Waals surface area contributed by atoms with Crippen LogP contribution < -0.4 is 9.47 Å². The monoisotopic (exact) mass is 458 g/mol. The number of hydrogen-bond donors (Lipinski definition) is 1. The lowest BCUT2D eigenvalue weighted by molar-refractivity contribution is 0.0590. The van der Waals surface area contributed by atoms with E-state index in [1.54, 1.807) is 12.1 Å². The number of aliphatic hydroxyl groups excluding tert-OH is 1. The van der Waals surface area contributed by atoms with Gasteiger partial charge in [0, 0.05) is 6.54 Å². The fourth-order valence-corrected chi connectivity index (χ4v) is 3.94. The highest BCUT2D eigenvalue weighted by Crippen LogP contribution is 2.38. The standard InChI is InChI=1S/C23H27FN2O3.2C2H6/c1-28-21-14-18(13-19(15-25)23(21)29-2)22(27)17-8-11-26(12-9-17)10-7-16-3-5-20(24)6-4-16;2*1-2/h3-6,13-14,17,22,27H,7-12H2,1-2H3;2*1-2H3. The number of nitriles is 1. The molecule has 1 unspecified atom stereocenters. The van der Waals surface area contributed by atoms with E-state index in [4.69, 9.17) is 9.47 Å². The van der Waals surface area contributed by atoms with Crippen LogP contribution in [-0.4, -0.2) is 43.9 Å². The lowest BCUT2D eigenvalue weighted by Crippen LogP contribution is -2.36. The minimum absolute atomic E-state index is 0.127. The maximum absolute atomic E-state index is 13.0. The van der Waals surface area contributed by atoms with Crippen molar-refractivity contribution in [2.45, 2.75) is 53.1 Å². The van der Waals surface area contributed by atoms with Crippen LogP contribution >= 0.6 is 0 Å². The Hall–Kier alpha value is -2.62. The molecule has 5 nitrogen and oxygen atoms in total. The van der Waals surface area contributed by atoms with Crippen LogP contribution in [0.5, 0.6) is 11.5 Å². The van der Waals surface area contributed by atoms with E-state index in [2.05, 4.69) is 11.0 Å². The summed E-state index contributed by atoms with van der Waals surface area (Å²) in [6, 6.07) is 12.2. The summed E-state index contributed by atoms with van der Waals surface area (Å²) in [4.78, 5) is 2.38. The van der Waals surface area contributed by atoms with Crippen molar-refractivity contribution >= 4 is 0 Å². The largest absolute Gasteiger partial charge is 0.493 e. The topological polar surface area (TPSA) is 65.7 Å². The number of ether oxygens (including phenoxy) is 2. The Bertz CT molecular complexity index is 857. The average Bonchev–Trinajstić information content (AvgIpc) is 2.89. The molecule has 0 radical (unpaired) electrons. The van der Waals surface area contributed by atoms with E-state index in [1.165, 1.54) is 26.4 Å². The van der Waals surface area contributed by atoms with Gasteiger partial charge in [-0.1, -0.05) is 39.8 Å². The molecule has 1 fully saturated rings. The summed E-state index contributed by atoms with van der Waals surface area (Å²) in [6.07, 6.45) is 1.98. The molecule has 0 aliphatic carbocycles. The van der Waals surface area contributed by atoms with Crippen LogP contribution in [0, 0.1) is 23.1 Å². The highest BCUT2D eigenvalue weighted by Gasteiger charge is 2.27. The molecule has 0 amide bonds. The van der Waals surface area contributed by atoms with Crippen molar-refractivity contribution in [3.8, 4) is 17.6 Å². The van der Waals surface area contributed by atoms with Crippen molar-refractivity contribution in [3.63, 3.8) is 0 Å². The molecule has 2 aromatic carbocycles. The zero-order valence-electron chi connectivity index (χ0n) is 20.9. The second-order valence-electron chi connectivity index (χ2n) is 7.42. The summed E-state index contributed by atoms with van der Waals surface area (Å²) in [6.45, 7) is 10.7. The van der Waals surface area contributed by atoms with Crippen LogP contribution in [0.3, 0.4) is 0 Å². The number of benzene rings is 2. The molecule has 3 rings (SSSR count). The summed E-state index contributed by atoms with van der Waals surface area (Å²) in [7, 11) is 3.02. The molecule has 1 aliphatic heterocycles. The molecule has 0 bridgehead atoms. The first-order valence-corrected chi connectivity index (χ1v) is 11.9. The Morgan fingerprint density at radius 3 is 2.18 bits per heavy atom. The van der Waals surface area contributed by atoms with Gasteiger partial charge in [-0.3, -0.25) is 0 Å². The first-order chi connectivity index (χ1) is 16.0. The quantitative estimate of drug-likeness (QED) is 0.572. The van der Waals surface area contributed by atoms with Crippen molar-refractivity contribution in [3.05, 3.63) is 58.9 Å². The molecule has 1 atom stereocenters. The van der Waals surface area contributed by atoms with Gasteiger partial charge in [-0.15, -0.1) is 0 Å². The Kier molecular flexibility index (Phi) is 13.1. The maximum Gasteiger partial charge on any atom is 0.178 e. The number of nitrogens with zero attached hydrogens (tertiary/aromatic N) is 2. The van der Waals surface area contributed by atoms with E-state index in [1.807, 2.05) is 39.8 Å². The van der Waals surface area contributed by atoms with Gasteiger partial charge >= 0.3 is 0 Å². The summed E-state index contributed by atoms with van der Waals surface area (Å²) in [5, 5.41) is 20.3. The predicted octanol–water partition coefficient (Wildman–Crippen LogP) is 5.76. The van der Waals surface area contributed by atoms with Crippen molar-refractivity contribution in [1.82, 2.24) is 4.90 Å². The van der Waals surface area contributed by atoms with Crippen LogP contribution in [0.25, 0.3) is 0 Å². The van der Waals surface area contributed by atoms with Gasteiger partial charge in [-0.05, 0) is 73.7 Å². The number of methoxy groups -OCH3 is 2. The average molecular weight is 459 g/mol. The normalized spacial score (nSPS) is 14.6. The first-order valence-electron chi connectivity index (χ1n) is 11.9. The minimum Gasteiger partial charge on any atom is -0.493 e. The zero-order chi connectivity index (χ0) is 24.8. The molecule has 2 aromatic rings. The molecule has 0 spiro atoms. The Morgan fingerprint density at radius 1 is 1.06 bits per heavy atom. The van der Waals surface area contributed by atoms with E-state index in [-0.39, 0.29) is 11.7 Å². The lowest BCUT2D eigenvalue weighted by Gasteiger charge is -2.34. The highest BCUT2D eigenvalue weighted by molar-refractivity contribution is 5.55. The molecule has 0 saturated carbocycles.